The molecule has 5 nitrogen and oxygen atoms in total. The fraction of sp³-hybridized carbons (Fsp3) is 0.125. The van der Waals surface area contributed by atoms with E-state index >= 15 is 0 Å². The van der Waals surface area contributed by atoms with E-state index in [1.54, 1.807) is 37.4 Å². The number of hydrazone groups is 1. The Kier molecular flexibility index (Phi) is 5.68. The summed E-state index contributed by atoms with van der Waals surface area (Å²) in [5, 5.41) is 13.8. The molecule has 0 radical (unpaired) electrons. The molecule has 0 spiro atoms. The third-order valence-electron chi connectivity index (χ3n) is 2.93. The first-order chi connectivity index (χ1) is 10.6. The third kappa shape index (κ3) is 4.16. The Bertz CT molecular complexity index is 674. The molecule has 2 N–H and O–H groups in total. The first-order valence-electron chi connectivity index (χ1n) is 6.51. The summed E-state index contributed by atoms with van der Waals surface area (Å²) in [6, 6.07) is 14.1. The number of aliphatic hydroxyl groups excluding tert-OH is 1. The summed E-state index contributed by atoms with van der Waals surface area (Å²) < 4.78 is 6.07. The van der Waals surface area contributed by atoms with Crippen molar-refractivity contribution in [1.29, 1.82) is 0 Å². The molecule has 0 bridgehead atoms. The predicted octanol–water partition coefficient (Wildman–Crippen LogP) is 2.64. The number of amides is 1. The summed E-state index contributed by atoms with van der Waals surface area (Å²) in [6.07, 6.45) is 0.196. The van der Waals surface area contributed by atoms with E-state index in [2.05, 4.69) is 26.5 Å². The maximum atomic E-state index is 11.8. The van der Waals surface area contributed by atoms with Crippen molar-refractivity contribution in [3.63, 3.8) is 0 Å². The maximum Gasteiger partial charge on any atom is 0.273 e. The van der Waals surface area contributed by atoms with E-state index in [-0.39, 0.29) is 0 Å². The molecule has 6 heteroatoms. The lowest BCUT2D eigenvalue weighted by Gasteiger charge is -2.09. The number of carbonyl (C=O) groups is 1. The Labute approximate surface area is 136 Å². The monoisotopic (exact) mass is 362 g/mol. The molecule has 2 rings (SSSR count). The van der Waals surface area contributed by atoms with Crippen LogP contribution in [-0.2, 0) is 4.79 Å². The van der Waals surface area contributed by atoms with E-state index in [9.17, 15) is 9.90 Å². The maximum absolute atomic E-state index is 11.8. The molecular weight excluding hydrogens is 348 g/mol. The highest BCUT2D eigenvalue weighted by molar-refractivity contribution is 9.10. The summed E-state index contributed by atoms with van der Waals surface area (Å²) in [6.45, 7) is 0. The number of halogens is 1. The van der Waals surface area contributed by atoms with Crippen LogP contribution in [0.3, 0.4) is 0 Å². The van der Waals surface area contributed by atoms with Gasteiger partial charge in [-0.3, -0.25) is 4.79 Å². The topological polar surface area (TPSA) is 70.9 Å². The van der Waals surface area contributed by atoms with Crippen molar-refractivity contribution in [2.75, 3.05) is 7.11 Å². The van der Waals surface area contributed by atoms with Crippen molar-refractivity contribution >= 4 is 28.1 Å². The number of hydrogen-bond acceptors (Lipinski definition) is 4. The lowest BCUT2D eigenvalue weighted by atomic mass is 10.1. The van der Waals surface area contributed by atoms with Crippen LogP contribution in [0.5, 0.6) is 5.75 Å². The molecule has 2 aromatic carbocycles. The van der Waals surface area contributed by atoms with Gasteiger partial charge in [0.15, 0.2) is 6.10 Å². The summed E-state index contributed by atoms with van der Waals surface area (Å²) >= 11 is 3.36. The van der Waals surface area contributed by atoms with E-state index in [1.807, 2.05) is 18.2 Å². The van der Waals surface area contributed by atoms with Gasteiger partial charge in [0.1, 0.15) is 5.75 Å². The molecule has 1 amide bonds. The summed E-state index contributed by atoms with van der Waals surface area (Å²) in [5.74, 6) is 0.0289. The van der Waals surface area contributed by atoms with Gasteiger partial charge < -0.3 is 9.84 Å². The Morgan fingerprint density at radius 2 is 2.05 bits per heavy atom. The van der Waals surface area contributed by atoms with Crippen LogP contribution in [0, 0.1) is 0 Å². The zero-order valence-corrected chi connectivity index (χ0v) is 13.4. The second kappa shape index (κ2) is 7.72. The van der Waals surface area contributed by atoms with Crippen molar-refractivity contribution in [2.24, 2.45) is 5.10 Å². The Balaban J connectivity index is 2.03. The number of methoxy groups -OCH3 is 1. The van der Waals surface area contributed by atoms with Crippen LogP contribution >= 0.6 is 15.9 Å². The first kappa shape index (κ1) is 16.2. The predicted molar refractivity (Wildman–Crippen MR) is 87.8 cm³/mol. The minimum atomic E-state index is -1.26. The lowest BCUT2D eigenvalue weighted by Crippen LogP contribution is -2.25. The number of aliphatic hydroxyl groups is 1. The second-order valence-corrected chi connectivity index (χ2v) is 5.35. The lowest BCUT2D eigenvalue weighted by molar-refractivity contribution is -0.129. The molecule has 1 atom stereocenters. The van der Waals surface area contributed by atoms with Gasteiger partial charge in [0, 0.05) is 10.0 Å². The van der Waals surface area contributed by atoms with Crippen LogP contribution in [-0.4, -0.2) is 24.3 Å². The van der Waals surface area contributed by atoms with Gasteiger partial charge in [0.25, 0.3) is 5.91 Å². The molecule has 0 aliphatic heterocycles. The zero-order chi connectivity index (χ0) is 15.9. The highest BCUT2D eigenvalue weighted by Crippen LogP contribution is 2.21. The number of benzene rings is 2. The van der Waals surface area contributed by atoms with Crippen LogP contribution in [0.4, 0.5) is 0 Å². The molecule has 0 fully saturated rings. The van der Waals surface area contributed by atoms with Crippen molar-refractivity contribution in [3.8, 4) is 5.75 Å². The molecule has 2 aromatic rings. The highest BCUT2D eigenvalue weighted by atomic mass is 79.9. The Morgan fingerprint density at radius 3 is 2.73 bits per heavy atom. The average molecular weight is 363 g/mol. The SMILES string of the molecule is COc1ccc(Br)cc1/C=N/NC(=O)C(O)c1ccccc1. The van der Waals surface area contributed by atoms with Crippen molar-refractivity contribution in [2.45, 2.75) is 6.10 Å². The van der Waals surface area contributed by atoms with Crippen LogP contribution in [0.25, 0.3) is 0 Å². The van der Waals surface area contributed by atoms with Gasteiger partial charge in [-0.1, -0.05) is 46.3 Å². The van der Waals surface area contributed by atoms with Crippen LogP contribution in [0.15, 0.2) is 58.1 Å². The van der Waals surface area contributed by atoms with Gasteiger partial charge in [-0.25, -0.2) is 5.43 Å². The minimum Gasteiger partial charge on any atom is -0.496 e. The average Bonchev–Trinajstić information content (AvgIpc) is 2.55. The van der Waals surface area contributed by atoms with Gasteiger partial charge >= 0.3 is 0 Å². The zero-order valence-electron chi connectivity index (χ0n) is 11.9. The number of rotatable bonds is 5. The van der Waals surface area contributed by atoms with Crippen molar-refractivity contribution in [3.05, 3.63) is 64.1 Å². The molecule has 0 aliphatic carbocycles. The molecule has 0 aromatic heterocycles. The molecule has 0 aliphatic rings. The molecule has 114 valence electrons. The first-order valence-corrected chi connectivity index (χ1v) is 7.30. The minimum absolute atomic E-state index is 0.509. The van der Waals surface area contributed by atoms with Gasteiger partial charge in [-0.15, -0.1) is 0 Å². The van der Waals surface area contributed by atoms with Crippen molar-refractivity contribution < 1.29 is 14.6 Å². The van der Waals surface area contributed by atoms with E-state index < -0.39 is 12.0 Å². The number of nitrogens with zero attached hydrogens (tertiary/aromatic N) is 1. The van der Waals surface area contributed by atoms with E-state index in [0.29, 0.717) is 16.9 Å². The third-order valence-corrected chi connectivity index (χ3v) is 3.43. The van der Waals surface area contributed by atoms with Gasteiger partial charge in [0.2, 0.25) is 0 Å². The normalized spacial score (nSPS) is 12.1. The molecule has 1 unspecified atom stereocenters. The number of hydrogen-bond donors (Lipinski definition) is 2. The second-order valence-electron chi connectivity index (χ2n) is 4.43. The van der Waals surface area contributed by atoms with E-state index in [0.717, 1.165) is 4.47 Å². The smallest absolute Gasteiger partial charge is 0.273 e. The molecule has 22 heavy (non-hydrogen) atoms. The molecule has 0 heterocycles. The van der Waals surface area contributed by atoms with Gasteiger partial charge in [-0.2, -0.15) is 5.10 Å². The van der Waals surface area contributed by atoms with Gasteiger partial charge in [0.05, 0.1) is 13.3 Å². The quantitative estimate of drug-likeness (QED) is 0.634. The standard InChI is InChI=1S/C16H15BrN2O3/c1-22-14-8-7-13(17)9-12(14)10-18-19-16(21)15(20)11-5-3-2-4-6-11/h2-10,15,20H,1H3,(H,19,21)/b18-10+. The number of nitrogens with one attached hydrogen (secondary N) is 1. The van der Waals surface area contributed by atoms with Gasteiger partial charge in [-0.05, 0) is 23.8 Å². The fourth-order valence-corrected chi connectivity index (χ4v) is 2.20. The summed E-state index contributed by atoms with van der Waals surface area (Å²) in [7, 11) is 1.55. The number of ether oxygens (including phenoxy) is 1. The van der Waals surface area contributed by atoms with Crippen LogP contribution < -0.4 is 10.2 Å². The Morgan fingerprint density at radius 1 is 1.32 bits per heavy atom. The fourth-order valence-electron chi connectivity index (χ4n) is 1.82. The Hall–Kier alpha value is -2.18. The largest absolute Gasteiger partial charge is 0.496 e. The van der Waals surface area contributed by atoms with E-state index in [4.69, 9.17) is 4.74 Å². The molecular formula is C16H15BrN2O3. The van der Waals surface area contributed by atoms with Crippen LogP contribution in [0.1, 0.15) is 17.2 Å². The highest BCUT2D eigenvalue weighted by Gasteiger charge is 2.16. The summed E-state index contributed by atoms with van der Waals surface area (Å²) in [4.78, 5) is 11.8. The molecule has 0 saturated carbocycles. The van der Waals surface area contributed by atoms with E-state index in [1.165, 1.54) is 6.21 Å². The number of carbonyl (C=O) groups excluding carboxylic acids is 1. The van der Waals surface area contributed by atoms with Crippen LogP contribution in [0.2, 0.25) is 0 Å². The van der Waals surface area contributed by atoms with Crippen molar-refractivity contribution in [1.82, 2.24) is 5.43 Å². The summed E-state index contributed by atoms with van der Waals surface area (Å²) in [5.41, 5.74) is 3.52. The molecule has 0 saturated heterocycles.